The molecule has 0 saturated carbocycles. The highest BCUT2D eigenvalue weighted by molar-refractivity contribution is 7.89. The summed E-state index contributed by atoms with van der Waals surface area (Å²) in [5.41, 5.74) is 1.49. The second-order valence-electron chi connectivity index (χ2n) is 6.09. The minimum Gasteiger partial charge on any atom is -0.329 e. The number of carbonyl (C=O) groups excluding carboxylic acids is 1. The molecule has 2 aromatic rings. The molecule has 2 amide bonds. The highest BCUT2D eigenvalue weighted by atomic mass is 32.2. The third kappa shape index (κ3) is 4.33. The number of amides is 2. The first-order valence-corrected chi connectivity index (χ1v) is 8.92. The summed E-state index contributed by atoms with van der Waals surface area (Å²) < 4.78 is 22.9. The van der Waals surface area contributed by atoms with Gasteiger partial charge in [-0.3, -0.25) is 0 Å². The highest BCUT2D eigenvalue weighted by Crippen LogP contribution is 2.22. The standard InChI is InChI=1S/C17H21N3O3S/c1-12-9-10-14(24(18,22)23)11-15(12)19-16(21)20-17(2,3)13-7-5-4-6-8-13/h4-11H,1-3H3,(H2,18,22,23)(H2,19,20,21). The van der Waals surface area contributed by atoms with E-state index < -0.39 is 21.6 Å². The summed E-state index contributed by atoms with van der Waals surface area (Å²) in [5, 5.41) is 10.7. The predicted molar refractivity (Wildman–Crippen MR) is 94.2 cm³/mol. The van der Waals surface area contributed by atoms with Gasteiger partial charge in [0.25, 0.3) is 0 Å². The fourth-order valence-electron chi connectivity index (χ4n) is 2.28. The van der Waals surface area contributed by atoms with Gasteiger partial charge in [-0.05, 0) is 44.0 Å². The van der Waals surface area contributed by atoms with E-state index in [2.05, 4.69) is 10.6 Å². The maximum atomic E-state index is 12.3. The lowest BCUT2D eigenvalue weighted by Crippen LogP contribution is -2.43. The average Bonchev–Trinajstić information content (AvgIpc) is 2.48. The van der Waals surface area contributed by atoms with E-state index in [4.69, 9.17) is 5.14 Å². The maximum absolute atomic E-state index is 12.3. The summed E-state index contributed by atoms with van der Waals surface area (Å²) >= 11 is 0. The monoisotopic (exact) mass is 347 g/mol. The number of hydrogen-bond acceptors (Lipinski definition) is 3. The normalized spacial score (nSPS) is 11.8. The zero-order valence-corrected chi connectivity index (χ0v) is 14.6. The van der Waals surface area contributed by atoms with E-state index in [9.17, 15) is 13.2 Å². The molecule has 0 atom stereocenters. The molecule has 0 aliphatic carbocycles. The van der Waals surface area contributed by atoms with Crippen LogP contribution in [0.25, 0.3) is 0 Å². The fraction of sp³-hybridized carbons (Fsp3) is 0.235. The molecular weight excluding hydrogens is 326 g/mol. The number of nitrogens with two attached hydrogens (primary N) is 1. The van der Waals surface area contributed by atoms with Gasteiger partial charge in [0.1, 0.15) is 0 Å². The average molecular weight is 347 g/mol. The lowest BCUT2D eigenvalue weighted by atomic mass is 9.95. The summed E-state index contributed by atoms with van der Waals surface area (Å²) in [6, 6.07) is 13.5. The van der Waals surface area contributed by atoms with Gasteiger partial charge in [0.05, 0.1) is 10.4 Å². The minimum absolute atomic E-state index is 0.0503. The molecule has 7 heteroatoms. The van der Waals surface area contributed by atoms with Crippen LogP contribution in [0.15, 0.2) is 53.4 Å². The lowest BCUT2D eigenvalue weighted by Gasteiger charge is -2.27. The topological polar surface area (TPSA) is 101 Å². The Morgan fingerprint density at radius 2 is 1.71 bits per heavy atom. The van der Waals surface area contributed by atoms with Gasteiger partial charge >= 0.3 is 6.03 Å². The van der Waals surface area contributed by atoms with Crippen molar-refractivity contribution >= 4 is 21.7 Å². The van der Waals surface area contributed by atoms with Crippen LogP contribution in [-0.4, -0.2) is 14.4 Å². The zero-order chi connectivity index (χ0) is 18.0. The van der Waals surface area contributed by atoms with Gasteiger partial charge in [-0.2, -0.15) is 0 Å². The van der Waals surface area contributed by atoms with Gasteiger partial charge in [-0.15, -0.1) is 0 Å². The van der Waals surface area contributed by atoms with Gasteiger partial charge in [-0.25, -0.2) is 18.4 Å². The third-order valence-corrected chi connectivity index (χ3v) is 4.62. The van der Waals surface area contributed by atoms with E-state index in [1.165, 1.54) is 12.1 Å². The minimum atomic E-state index is -3.83. The first kappa shape index (κ1) is 18.0. The van der Waals surface area contributed by atoms with E-state index in [1.54, 1.807) is 13.0 Å². The Hall–Kier alpha value is -2.38. The van der Waals surface area contributed by atoms with Crippen molar-refractivity contribution in [3.8, 4) is 0 Å². The van der Waals surface area contributed by atoms with Crippen LogP contribution in [0, 0.1) is 6.92 Å². The van der Waals surface area contributed by atoms with Crippen molar-refractivity contribution in [2.75, 3.05) is 5.32 Å². The first-order chi connectivity index (χ1) is 11.1. The second-order valence-corrected chi connectivity index (χ2v) is 7.65. The Kier molecular flexibility index (Phi) is 4.96. The molecular formula is C17H21N3O3S. The lowest BCUT2D eigenvalue weighted by molar-refractivity contribution is 0.242. The van der Waals surface area contributed by atoms with Crippen molar-refractivity contribution in [2.45, 2.75) is 31.2 Å². The van der Waals surface area contributed by atoms with Crippen molar-refractivity contribution in [3.63, 3.8) is 0 Å². The van der Waals surface area contributed by atoms with Crippen molar-refractivity contribution in [1.82, 2.24) is 5.32 Å². The predicted octanol–water partition coefficient (Wildman–Crippen LogP) is 2.70. The number of rotatable bonds is 4. The van der Waals surface area contributed by atoms with E-state index in [-0.39, 0.29) is 4.90 Å². The van der Waals surface area contributed by atoms with Gasteiger partial charge in [0.2, 0.25) is 10.0 Å². The number of hydrogen-bond donors (Lipinski definition) is 3. The number of nitrogens with one attached hydrogen (secondary N) is 2. The van der Waals surface area contributed by atoms with E-state index in [0.29, 0.717) is 5.69 Å². The number of primary sulfonamides is 1. The van der Waals surface area contributed by atoms with Gasteiger partial charge < -0.3 is 10.6 Å². The third-order valence-electron chi connectivity index (χ3n) is 3.71. The van der Waals surface area contributed by atoms with Crippen molar-refractivity contribution < 1.29 is 13.2 Å². The van der Waals surface area contributed by atoms with Crippen LogP contribution >= 0.6 is 0 Å². The molecule has 6 nitrogen and oxygen atoms in total. The number of urea groups is 1. The molecule has 0 spiro atoms. The molecule has 24 heavy (non-hydrogen) atoms. The summed E-state index contributed by atoms with van der Waals surface area (Å²) in [7, 11) is -3.83. The molecule has 0 aromatic heterocycles. The van der Waals surface area contributed by atoms with Crippen LogP contribution in [0.5, 0.6) is 0 Å². The van der Waals surface area contributed by atoms with E-state index in [1.807, 2.05) is 44.2 Å². The quantitative estimate of drug-likeness (QED) is 0.792. The molecule has 0 fully saturated rings. The van der Waals surface area contributed by atoms with Crippen LogP contribution in [0.2, 0.25) is 0 Å². The Morgan fingerprint density at radius 1 is 1.08 bits per heavy atom. The molecule has 0 radical (unpaired) electrons. The Labute approximate surface area is 142 Å². The van der Waals surface area contributed by atoms with Crippen LogP contribution in [-0.2, 0) is 15.6 Å². The van der Waals surface area contributed by atoms with Crippen LogP contribution in [0.4, 0.5) is 10.5 Å². The molecule has 0 bridgehead atoms. The zero-order valence-electron chi connectivity index (χ0n) is 13.8. The Balaban J connectivity index is 2.18. The van der Waals surface area contributed by atoms with Gasteiger partial charge in [-0.1, -0.05) is 36.4 Å². The Morgan fingerprint density at radius 3 is 2.29 bits per heavy atom. The fourth-order valence-corrected chi connectivity index (χ4v) is 2.82. The summed E-state index contributed by atoms with van der Waals surface area (Å²) in [4.78, 5) is 12.3. The molecule has 0 unspecified atom stereocenters. The molecule has 0 heterocycles. The summed E-state index contributed by atoms with van der Waals surface area (Å²) in [6.45, 7) is 5.54. The first-order valence-electron chi connectivity index (χ1n) is 7.38. The van der Waals surface area contributed by atoms with Crippen LogP contribution in [0.3, 0.4) is 0 Å². The molecule has 0 aliphatic heterocycles. The Bertz CT molecular complexity index is 847. The largest absolute Gasteiger partial charge is 0.329 e. The molecule has 4 N–H and O–H groups in total. The van der Waals surface area contributed by atoms with Crippen LogP contribution in [0.1, 0.15) is 25.0 Å². The van der Waals surface area contributed by atoms with E-state index in [0.717, 1.165) is 11.1 Å². The van der Waals surface area contributed by atoms with Crippen molar-refractivity contribution in [1.29, 1.82) is 0 Å². The van der Waals surface area contributed by atoms with Gasteiger partial charge in [0, 0.05) is 5.69 Å². The van der Waals surface area contributed by atoms with Gasteiger partial charge in [0.15, 0.2) is 0 Å². The summed E-state index contributed by atoms with van der Waals surface area (Å²) in [6.07, 6.45) is 0. The number of anilines is 1. The van der Waals surface area contributed by atoms with Crippen molar-refractivity contribution in [2.24, 2.45) is 5.14 Å². The molecule has 0 saturated heterocycles. The van der Waals surface area contributed by atoms with Crippen LogP contribution < -0.4 is 15.8 Å². The summed E-state index contributed by atoms with van der Waals surface area (Å²) in [5.74, 6) is 0. The molecule has 0 aliphatic rings. The highest BCUT2D eigenvalue weighted by Gasteiger charge is 2.23. The smallest absolute Gasteiger partial charge is 0.319 e. The molecule has 128 valence electrons. The second kappa shape index (κ2) is 6.62. The number of benzene rings is 2. The number of sulfonamides is 1. The maximum Gasteiger partial charge on any atom is 0.319 e. The SMILES string of the molecule is Cc1ccc(S(N)(=O)=O)cc1NC(=O)NC(C)(C)c1ccccc1. The molecule has 2 rings (SSSR count). The number of carbonyl (C=O) groups is 1. The number of aryl methyl sites for hydroxylation is 1. The van der Waals surface area contributed by atoms with Crippen molar-refractivity contribution in [3.05, 3.63) is 59.7 Å². The molecule has 2 aromatic carbocycles. The van der Waals surface area contributed by atoms with E-state index >= 15 is 0 Å².